The normalized spacial score (nSPS) is 11.1. The molecule has 146 valence electrons. The molecule has 0 aliphatic carbocycles. The van der Waals surface area contributed by atoms with Crippen LogP contribution in [-0.2, 0) is 10.0 Å². The number of anilines is 2. The molecular weight excluding hydrogens is 382 g/mol. The van der Waals surface area contributed by atoms with Crippen LogP contribution in [0.2, 0.25) is 0 Å². The van der Waals surface area contributed by atoms with E-state index >= 15 is 0 Å². The second-order valence-corrected chi connectivity index (χ2v) is 7.29. The number of nitrogens with one attached hydrogen (secondary N) is 2. The van der Waals surface area contributed by atoms with Crippen LogP contribution in [-0.4, -0.2) is 33.8 Å². The second-order valence-electron chi connectivity index (χ2n) is 5.28. The van der Waals surface area contributed by atoms with Gasteiger partial charge in [-0.3, -0.25) is 9.52 Å². The Morgan fingerprint density at radius 3 is 2.56 bits per heavy atom. The van der Waals surface area contributed by atoms with Gasteiger partial charge in [-0.1, -0.05) is 6.07 Å². The van der Waals surface area contributed by atoms with E-state index in [1.807, 2.05) is 0 Å². The molecule has 0 spiro atoms. The summed E-state index contributed by atoms with van der Waals surface area (Å²) < 4.78 is 59.7. The number of amides is 1. The highest BCUT2D eigenvalue weighted by Crippen LogP contribution is 2.29. The first-order chi connectivity index (χ1) is 12.7. The molecule has 1 amide bonds. The average Bonchev–Trinajstić information content (AvgIpc) is 2.62. The van der Waals surface area contributed by atoms with E-state index in [1.54, 1.807) is 0 Å². The molecule has 0 aromatic heterocycles. The van der Waals surface area contributed by atoms with Crippen molar-refractivity contribution in [1.29, 1.82) is 0 Å². The summed E-state index contributed by atoms with van der Waals surface area (Å²) in [6.45, 7) is -1.50. The van der Waals surface area contributed by atoms with E-state index in [4.69, 9.17) is 4.74 Å². The van der Waals surface area contributed by atoms with Gasteiger partial charge >= 0.3 is 6.61 Å². The number of rotatable bonds is 8. The summed E-state index contributed by atoms with van der Waals surface area (Å²) in [5.41, 5.74) is 0.670. The minimum absolute atomic E-state index is 0.105. The number of alkyl halides is 2. The van der Waals surface area contributed by atoms with Crippen LogP contribution in [0.4, 0.5) is 20.2 Å². The average molecular weight is 400 g/mol. The molecule has 0 atom stereocenters. The van der Waals surface area contributed by atoms with Gasteiger partial charge in [-0.05, 0) is 37.3 Å². The monoisotopic (exact) mass is 400 g/mol. The van der Waals surface area contributed by atoms with Crippen molar-refractivity contribution >= 4 is 27.3 Å². The van der Waals surface area contributed by atoms with E-state index in [-0.39, 0.29) is 28.5 Å². The Balaban J connectivity index is 2.18. The lowest BCUT2D eigenvalue weighted by Crippen LogP contribution is -2.16. The molecule has 0 saturated carbocycles. The Bertz CT molecular complexity index is 919. The lowest BCUT2D eigenvalue weighted by molar-refractivity contribution is -0.0498. The van der Waals surface area contributed by atoms with Crippen LogP contribution < -0.4 is 19.5 Å². The van der Waals surface area contributed by atoms with Gasteiger partial charge in [0.25, 0.3) is 5.91 Å². The lowest BCUT2D eigenvalue weighted by Gasteiger charge is -2.13. The molecule has 7 nitrogen and oxygen atoms in total. The Kier molecular flexibility index (Phi) is 6.56. The van der Waals surface area contributed by atoms with Crippen LogP contribution in [0, 0.1) is 0 Å². The van der Waals surface area contributed by atoms with E-state index < -0.39 is 22.5 Å². The van der Waals surface area contributed by atoms with E-state index in [9.17, 15) is 22.0 Å². The number of carbonyl (C=O) groups excluding carboxylic acids is 1. The van der Waals surface area contributed by atoms with Crippen molar-refractivity contribution in [3.63, 3.8) is 0 Å². The molecule has 0 bridgehead atoms. The van der Waals surface area contributed by atoms with Crippen molar-refractivity contribution in [1.82, 2.24) is 0 Å². The summed E-state index contributed by atoms with van der Waals surface area (Å²) in [7, 11) is -2.13. The molecule has 2 rings (SSSR count). The lowest BCUT2D eigenvalue weighted by atomic mass is 10.2. The summed E-state index contributed by atoms with van der Waals surface area (Å²) in [6, 6.07) is 9.70. The molecular formula is C17H18F2N2O5S. The molecule has 0 radical (unpaired) electrons. The highest BCUT2D eigenvalue weighted by atomic mass is 32.2. The Morgan fingerprint density at radius 2 is 1.93 bits per heavy atom. The fraction of sp³-hybridized carbons (Fsp3) is 0.235. The molecule has 0 unspecified atom stereocenters. The van der Waals surface area contributed by atoms with Crippen LogP contribution in [0.1, 0.15) is 17.3 Å². The SMILES string of the molecule is CCS(=O)(=O)Nc1ccc(NC(=O)c2cccc(OC(F)F)c2)cc1OC. The number of hydrogen-bond donors (Lipinski definition) is 2. The molecule has 2 aromatic rings. The Hall–Kier alpha value is -2.88. The zero-order chi connectivity index (χ0) is 20.0. The molecule has 10 heteroatoms. The number of hydrogen-bond acceptors (Lipinski definition) is 5. The molecule has 0 fully saturated rings. The van der Waals surface area contributed by atoms with Crippen molar-refractivity contribution < 1.29 is 31.5 Å². The van der Waals surface area contributed by atoms with Gasteiger partial charge in [0.2, 0.25) is 10.0 Å². The number of ether oxygens (including phenoxy) is 2. The fourth-order valence-electron chi connectivity index (χ4n) is 2.11. The molecule has 2 aromatic carbocycles. The van der Waals surface area contributed by atoms with Crippen molar-refractivity contribution in [3.05, 3.63) is 48.0 Å². The summed E-state index contributed by atoms with van der Waals surface area (Å²) in [5, 5.41) is 2.58. The Labute approximate surface area is 155 Å². The first-order valence-electron chi connectivity index (χ1n) is 7.79. The Morgan fingerprint density at radius 1 is 1.19 bits per heavy atom. The smallest absolute Gasteiger partial charge is 0.387 e. The van der Waals surface area contributed by atoms with E-state index in [1.165, 1.54) is 56.5 Å². The number of benzene rings is 2. The van der Waals surface area contributed by atoms with Crippen LogP contribution in [0.5, 0.6) is 11.5 Å². The van der Waals surface area contributed by atoms with Gasteiger partial charge in [0.15, 0.2) is 0 Å². The largest absolute Gasteiger partial charge is 0.494 e. The molecule has 0 heterocycles. The maximum atomic E-state index is 12.3. The first kappa shape index (κ1) is 20.4. The topological polar surface area (TPSA) is 93.7 Å². The van der Waals surface area contributed by atoms with Gasteiger partial charge in [0, 0.05) is 17.3 Å². The third kappa shape index (κ3) is 5.81. The highest BCUT2D eigenvalue weighted by Gasteiger charge is 2.14. The maximum Gasteiger partial charge on any atom is 0.387 e. The van der Waals surface area contributed by atoms with Crippen LogP contribution in [0.3, 0.4) is 0 Å². The molecule has 27 heavy (non-hydrogen) atoms. The first-order valence-corrected chi connectivity index (χ1v) is 9.44. The predicted molar refractivity (Wildman–Crippen MR) is 97.1 cm³/mol. The summed E-state index contributed by atoms with van der Waals surface area (Å²) in [4.78, 5) is 12.3. The molecule has 2 N–H and O–H groups in total. The van der Waals surface area contributed by atoms with Gasteiger partial charge in [0.05, 0.1) is 18.6 Å². The van der Waals surface area contributed by atoms with Gasteiger partial charge in [0.1, 0.15) is 11.5 Å². The zero-order valence-electron chi connectivity index (χ0n) is 14.5. The van der Waals surface area contributed by atoms with Crippen LogP contribution in [0.15, 0.2) is 42.5 Å². The maximum absolute atomic E-state index is 12.3. The minimum Gasteiger partial charge on any atom is -0.494 e. The predicted octanol–water partition coefficient (Wildman–Crippen LogP) is 3.31. The third-order valence-electron chi connectivity index (χ3n) is 3.43. The van der Waals surface area contributed by atoms with Crippen LogP contribution in [0.25, 0.3) is 0 Å². The molecule has 0 aliphatic rings. The van der Waals surface area contributed by atoms with Crippen molar-refractivity contribution in [3.8, 4) is 11.5 Å². The highest BCUT2D eigenvalue weighted by molar-refractivity contribution is 7.92. The second kappa shape index (κ2) is 8.67. The standard InChI is InChI=1S/C17H18F2N2O5S/c1-3-27(23,24)21-14-8-7-12(10-15(14)25-2)20-16(22)11-5-4-6-13(9-11)26-17(18)19/h4-10,17,21H,3H2,1-2H3,(H,20,22). The summed E-state index contributed by atoms with van der Waals surface area (Å²) >= 11 is 0. The van der Waals surface area contributed by atoms with Crippen molar-refractivity contribution in [2.45, 2.75) is 13.5 Å². The van der Waals surface area contributed by atoms with E-state index in [0.717, 1.165) is 0 Å². The van der Waals surface area contributed by atoms with Crippen molar-refractivity contribution in [2.75, 3.05) is 22.9 Å². The zero-order valence-corrected chi connectivity index (χ0v) is 15.3. The number of halogens is 2. The molecule has 0 saturated heterocycles. The minimum atomic E-state index is -3.49. The van der Waals surface area contributed by atoms with Gasteiger partial charge in [-0.2, -0.15) is 8.78 Å². The van der Waals surface area contributed by atoms with E-state index in [0.29, 0.717) is 5.69 Å². The number of carbonyl (C=O) groups is 1. The van der Waals surface area contributed by atoms with Crippen LogP contribution >= 0.6 is 0 Å². The van der Waals surface area contributed by atoms with E-state index in [2.05, 4.69) is 14.8 Å². The number of methoxy groups -OCH3 is 1. The quantitative estimate of drug-likeness (QED) is 0.709. The van der Waals surface area contributed by atoms with Gasteiger partial charge in [-0.15, -0.1) is 0 Å². The van der Waals surface area contributed by atoms with Gasteiger partial charge < -0.3 is 14.8 Å². The number of sulfonamides is 1. The third-order valence-corrected chi connectivity index (χ3v) is 4.72. The summed E-state index contributed by atoms with van der Waals surface area (Å²) in [5.74, 6) is -0.594. The van der Waals surface area contributed by atoms with Gasteiger partial charge in [-0.25, -0.2) is 8.42 Å². The summed E-state index contributed by atoms with van der Waals surface area (Å²) in [6.07, 6.45) is 0. The fourth-order valence-corrected chi connectivity index (χ4v) is 2.76. The molecule has 0 aliphatic heterocycles. The van der Waals surface area contributed by atoms with Crippen molar-refractivity contribution in [2.24, 2.45) is 0 Å².